The van der Waals surface area contributed by atoms with E-state index in [-0.39, 0.29) is 12.4 Å². The number of phenols is 1. The van der Waals surface area contributed by atoms with Crippen LogP contribution in [0.2, 0.25) is 0 Å². The van der Waals surface area contributed by atoms with Crippen LogP contribution in [0.25, 0.3) is 10.9 Å². The molecule has 6 heteroatoms. The first-order valence-electron chi connectivity index (χ1n) is 6.11. The Hall–Kier alpha value is -2.08. The molecule has 1 atom stereocenters. The molecular formula is C13H16N2O4. The van der Waals surface area contributed by atoms with E-state index in [4.69, 9.17) is 9.47 Å². The molecule has 1 N–H and O–H groups in total. The number of fused-ring (bicyclic) bond motifs is 1. The number of benzene rings is 1. The minimum atomic E-state index is -0.910. The Labute approximate surface area is 110 Å². The fourth-order valence-electron chi connectivity index (χ4n) is 1.84. The van der Waals surface area contributed by atoms with Crippen LogP contribution in [-0.4, -0.2) is 34.1 Å². The predicted octanol–water partition coefficient (Wildman–Crippen LogP) is 1.84. The molecule has 1 aromatic carbocycles. The molecule has 102 valence electrons. The molecule has 0 aliphatic carbocycles. The van der Waals surface area contributed by atoms with Crippen molar-refractivity contribution in [3.05, 3.63) is 24.4 Å². The van der Waals surface area contributed by atoms with Crippen molar-refractivity contribution in [2.24, 2.45) is 0 Å². The van der Waals surface area contributed by atoms with E-state index < -0.39 is 12.2 Å². The summed E-state index contributed by atoms with van der Waals surface area (Å²) in [6.45, 7) is 4.18. The quantitative estimate of drug-likeness (QED) is 0.834. The lowest BCUT2D eigenvalue weighted by Gasteiger charge is -2.16. The molecule has 0 radical (unpaired) electrons. The van der Waals surface area contributed by atoms with Crippen molar-refractivity contribution < 1.29 is 19.4 Å². The fraction of sp³-hybridized carbons (Fsp3) is 0.385. The van der Waals surface area contributed by atoms with Crippen LogP contribution in [-0.2, 0) is 14.3 Å². The van der Waals surface area contributed by atoms with E-state index in [2.05, 4.69) is 5.10 Å². The number of aromatic nitrogens is 2. The molecule has 0 spiro atoms. The number of ether oxygens (including phenoxy) is 2. The lowest BCUT2D eigenvalue weighted by Crippen LogP contribution is -2.25. The molecule has 0 amide bonds. The third kappa shape index (κ3) is 2.68. The fourth-order valence-corrected chi connectivity index (χ4v) is 1.84. The van der Waals surface area contributed by atoms with Crippen molar-refractivity contribution in [2.45, 2.75) is 20.1 Å². The van der Waals surface area contributed by atoms with Gasteiger partial charge in [-0.25, -0.2) is 9.48 Å². The van der Waals surface area contributed by atoms with E-state index in [0.29, 0.717) is 12.1 Å². The van der Waals surface area contributed by atoms with Crippen LogP contribution in [0.4, 0.5) is 0 Å². The van der Waals surface area contributed by atoms with Gasteiger partial charge in [0.1, 0.15) is 5.75 Å². The summed E-state index contributed by atoms with van der Waals surface area (Å²) in [7, 11) is 0. The summed E-state index contributed by atoms with van der Waals surface area (Å²) in [5.41, 5.74) is 0.698. The van der Waals surface area contributed by atoms with Gasteiger partial charge in [-0.15, -0.1) is 0 Å². The van der Waals surface area contributed by atoms with Gasteiger partial charge in [0.2, 0.25) is 6.23 Å². The molecule has 0 saturated heterocycles. The Kier molecular flexibility index (Phi) is 4.01. The second kappa shape index (κ2) is 5.71. The standard InChI is InChI=1S/C13H16N2O4/c1-3-18-12(13(17)19-4-2)15-11-6-5-10(16)7-9(11)8-14-15/h5-8,12,16H,3-4H2,1-2H3. The Balaban J connectivity index is 2.41. The van der Waals surface area contributed by atoms with E-state index >= 15 is 0 Å². The monoisotopic (exact) mass is 264 g/mol. The normalized spacial score (nSPS) is 12.5. The Morgan fingerprint density at radius 3 is 2.89 bits per heavy atom. The summed E-state index contributed by atoms with van der Waals surface area (Å²) in [5.74, 6) is -0.335. The first-order chi connectivity index (χ1) is 9.17. The molecule has 0 saturated carbocycles. The molecule has 1 aromatic heterocycles. The molecule has 0 aliphatic heterocycles. The van der Waals surface area contributed by atoms with Crippen molar-refractivity contribution in [1.29, 1.82) is 0 Å². The summed E-state index contributed by atoms with van der Waals surface area (Å²) >= 11 is 0. The molecule has 1 unspecified atom stereocenters. The summed E-state index contributed by atoms with van der Waals surface area (Å²) in [4.78, 5) is 11.9. The van der Waals surface area contributed by atoms with Gasteiger partial charge in [0, 0.05) is 12.0 Å². The van der Waals surface area contributed by atoms with Crippen LogP contribution in [0.3, 0.4) is 0 Å². The Morgan fingerprint density at radius 1 is 1.42 bits per heavy atom. The SMILES string of the molecule is CCOC(=O)C(OCC)n1ncc2cc(O)ccc21. The summed E-state index contributed by atoms with van der Waals surface area (Å²) in [6, 6.07) is 4.80. The number of nitrogens with zero attached hydrogens (tertiary/aromatic N) is 2. The summed E-state index contributed by atoms with van der Waals surface area (Å²) in [5, 5.41) is 14.3. The number of carbonyl (C=O) groups excluding carboxylic acids is 1. The van der Waals surface area contributed by atoms with E-state index in [1.165, 1.54) is 10.7 Å². The molecule has 19 heavy (non-hydrogen) atoms. The van der Waals surface area contributed by atoms with Crippen molar-refractivity contribution >= 4 is 16.9 Å². The van der Waals surface area contributed by atoms with Crippen LogP contribution < -0.4 is 0 Å². The zero-order valence-electron chi connectivity index (χ0n) is 10.9. The maximum Gasteiger partial charge on any atom is 0.358 e. The van der Waals surface area contributed by atoms with E-state index in [1.807, 2.05) is 0 Å². The van der Waals surface area contributed by atoms with E-state index in [1.54, 1.807) is 32.2 Å². The molecular weight excluding hydrogens is 248 g/mol. The van der Waals surface area contributed by atoms with E-state index in [0.717, 1.165) is 5.39 Å². The Bertz CT molecular complexity index is 579. The van der Waals surface area contributed by atoms with E-state index in [9.17, 15) is 9.90 Å². The van der Waals surface area contributed by atoms with Crippen LogP contribution in [0.1, 0.15) is 20.1 Å². The Morgan fingerprint density at radius 2 is 2.21 bits per heavy atom. The smallest absolute Gasteiger partial charge is 0.358 e. The van der Waals surface area contributed by atoms with Gasteiger partial charge in [0.25, 0.3) is 0 Å². The van der Waals surface area contributed by atoms with Crippen LogP contribution in [0.15, 0.2) is 24.4 Å². The molecule has 0 aliphatic rings. The van der Waals surface area contributed by atoms with Crippen molar-refractivity contribution in [2.75, 3.05) is 13.2 Å². The molecule has 1 heterocycles. The van der Waals surface area contributed by atoms with Gasteiger partial charge in [0.05, 0.1) is 18.3 Å². The number of rotatable bonds is 5. The lowest BCUT2D eigenvalue weighted by atomic mass is 10.2. The molecule has 0 fully saturated rings. The third-order valence-corrected chi connectivity index (χ3v) is 2.61. The van der Waals surface area contributed by atoms with Gasteiger partial charge in [-0.3, -0.25) is 0 Å². The van der Waals surface area contributed by atoms with Gasteiger partial charge in [-0.05, 0) is 32.0 Å². The molecule has 2 aromatic rings. The molecule has 0 bridgehead atoms. The highest BCUT2D eigenvalue weighted by Gasteiger charge is 2.24. The van der Waals surface area contributed by atoms with Gasteiger partial charge in [-0.2, -0.15) is 5.10 Å². The second-order valence-corrected chi connectivity index (χ2v) is 3.89. The van der Waals surface area contributed by atoms with Crippen LogP contribution in [0.5, 0.6) is 5.75 Å². The second-order valence-electron chi connectivity index (χ2n) is 3.89. The summed E-state index contributed by atoms with van der Waals surface area (Å²) < 4.78 is 11.8. The number of aromatic hydroxyl groups is 1. The van der Waals surface area contributed by atoms with Crippen molar-refractivity contribution in [3.63, 3.8) is 0 Å². The highest BCUT2D eigenvalue weighted by Crippen LogP contribution is 2.23. The first-order valence-corrected chi connectivity index (χ1v) is 6.11. The number of phenolic OH excluding ortho intramolecular Hbond substituents is 1. The minimum absolute atomic E-state index is 0.149. The molecule has 6 nitrogen and oxygen atoms in total. The minimum Gasteiger partial charge on any atom is -0.508 e. The zero-order chi connectivity index (χ0) is 13.8. The van der Waals surface area contributed by atoms with Gasteiger partial charge in [-0.1, -0.05) is 0 Å². The molecule has 2 rings (SSSR count). The van der Waals surface area contributed by atoms with Gasteiger partial charge in [0.15, 0.2) is 0 Å². The zero-order valence-corrected chi connectivity index (χ0v) is 10.9. The van der Waals surface area contributed by atoms with Gasteiger partial charge >= 0.3 is 5.97 Å². The predicted molar refractivity (Wildman–Crippen MR) is 68.7 cm³/mol. The largest absolute Gasteiger partial charge is 0.508 e. The maximum absolute atomic E-state index is 11.9. The summed E-state index contributed by atoms with van der Waals surface area (Å²) in [6.07, 6.45) is 0.660. The number of hydrogen-bond donors (Lipinski definition) is 1. The first kappa shape index (κ1) is 13.4. The average molecular weight is 264 g/mol. The van der Waals surface area contributed by atoms with Gasteiger partial charge < -0.3 is 14.6 Å². The highest BCUT2D eigenvalue weighted by atomic mass is 16.6. The number of carbonyl (C=O) groups is 1. The van der Waals surface area contributed by atoms with Crippen LogP contribution >= 0.6 is 0 Å². The average Bonchev–Trinajstić information content (AvgIpc) is 2.78. The lowest BCUT2D eigenvalue weighted by molar-refractivity contribution is -0.163. The van der Waals surface area contributed by atoms with Crippen molar-refractivity contribution in [3.8, 4) is 5.75 Å². The van der Waals surface area contributed by atoms with Crippen LogP contribution in [0, 0.1) is 0 Å². The third-order valence-electron chi connectivity index (χ3n) is 2.61. The van der Waals surface area contributed by atoms with Crippen molar-refractivity contribution in [1.82, 2.24) is 9.78 Å². The number of esters is 1. The number of hydrogen-bond acceptors (Lipinski definition) is 5. The maximum atomic E-state index is 11.9. The highest BCUT2D eigenvalue weighted by molar-refractivity contribution is 5.82. The topological polar surface area (TPSA) is 73.6 Å².